The topological polar surface area (TPSA) is 263 Å². The first-order chi connectivity index (χ1) is 28.3. The molecule has 0 bridgehead atoms. The monoisotopic (exact) mass is 812 g/mol. The highest BCUT2D eigenvalue weighted by Crippen LogP contribution is 2.23. The van der Waals surface area contributed by atoms with Crippen molar-refractivity contribution in [1.82, 2.24) is 36.5 Å². The summed E-state index contributed by atoms with van der Waals surface area (Å²) in [4.78, 5) is 104. The predicted molar refractivity (Wildman–Crippen MR) is 221 cm³/mol. The number of carbonyl (C=O) groups excluding carboxylic acids is 7. The number of carbonyl (C=O) groups is 7. The van der Waals surface area contributed by atoms with Crippen LogP contribution in [0.2, 0.25) is 0 Å². The summed E-state index contributed by atoms with van der Waals surface area (Å²) in [5, 5.41) is 14.9. The Morgan fingerprint density at radius 2 is 1.68 bits per heavy atom. The summed E-state index contributed by atoms with van der Waals surface area (Å²) in [6, 6.07) is 11.5. The summed E-state index contributed by atoms with van der Waals surface area (Å²) >= 11 is 0. The van der Waals surface area contributed by atoms with Gasteiger partial charge >= 0.3 is 0 Å². The molecule has 2 fully saturated rings. The number of nitrogens with two attached hydrogens (primary N) is 2. The number of aromatic amines is 1. The van der Waals surface area contributed by atoms with Gasteiger partial charge in [-0.05, 0) is 62.6 Å². The van der Waals surface area contributed by atoms with Crippen LogP contribution in [0.5, 0.6) is 0 Å². The zero-order chi connectivity index (χ0) is 42.5. The molecule has 2 aromatic carbocycles. The molecule has 17 heteroatoms. The number of ketones is 1. The Morgan fingerprint density at radius 1 is 0.932 bits per heavy atom. The van der Waals surface area contributed by atoms with Crippen LogP contribution in [0.1, 0.15) is 69.9 Å². The van der Waals surface area contributed by atoms with E-state index >= 15 is 0 Å². The molecule has 0 saturated carbocycles. The van der Waals surface area contributed by atoms with Gasteiger partial charge in [-0.25, -0.2) is 0 Å². The molecule has 59 heavy (non-hydrogen) atoms. The summed E-state index contributed by atoms with van der Waals surface area (Å²) in [7, 11) is 0. The van der Waals surface area contributed by atoms with Gasteiger partial charge in [0.1, 0.15) is 24.2 Å². The number of aromatic nitrogens is 1. The molecular formula is C42H56N10O7. The van der Waals surface area contributed by atoms with E-state index in [1.54, 1.807) is 6.20 Å². The van der Waals surface area contributed by atoms with Crippen molar-refractivity contribution >= 4 is 58.1 Å². The maximum absolute atomic E-state index is 14.3. The van der Waals surface area contributed by atoms with Gasteiger partial charge in [-0.15, -0.1) is 0 Å². The van der Waals surface area contributed by atoms with E-state index in [0.29, 0.717) is 19.3 Å². The zero-order valence-electron chi connectivity index (χ0n) is 33.6. The quantitative estimate of drug-likeness (QED) is 0.0759. The first-order valence-corrected chi connectivity index (χ1v) is 20.2. The Labute approximate surface area is 343 Å². The first kappa shape index (κ1) is 43.9. The normalized spacial score (nSPS) is 22.8. The zero-order valence-corrected chi connectivity index (χ0v) is 33.6. The molecule has 2 aliphatic rings. The minimum Gasteiger partial charge on any atom is -0.370 e. The fourth-order valence-electron chi connectivity index (χ4n) is 7.69. The molecule has 3 heterocycles. The van der Waals surface area contributed by atoms with E-state index in [9.17, 15) is 33.6 Å². The van der Waals surface area contributed by atoms with Gasteiger partial charge in [0.25, 0.3) is 0 Å². The SMILES string of the molecule is CC(=O)N[C@@H](Cc1ccccc1)C(=O)N[C@H]1CCCNC(=O)[C@H](CCCN=C(N)N)CC(=O)[C@H](Cc2c[nH]c3ccccc23)NC(=O)[C@@H](C)NC(=O)[C@@H]2CCCN2C1=O. The van der Waals surface area contributed by atoms with Crippen molar-refractivity contribution in [2.75, 3.05) is 19.6 Å². The summed E-state index contributed by atoms with van der Waals surface area (Å²) in [5.74, 6) is -4.35. The molecule has 0 spiro atoms. The number of nitrogens with one attached hydrogen (secondary N) is 6. The van der Waals surface area contributed by atoms with Crippen molar-refractivity contribution in [3.63, 3.8) is 0 Å². The molecule has 0 unspecified atom stereocenters. The average molecular weight is 813 g/mol. The number of Topliss-reactive ketones (excluding diaryl/α,β-unsaturated/α-hetero) is 1. The van der Waals surface area contributed by atoms with Crippen LogP contribution in [0.25, 0.3) is 10.9 Å². The minimum absolute atomic E-state index is 0.0907. The Bertz CT molecular complexity index is 2010. The van der Waals surface area contributed by atoms with Crippen LogP contribution < -0.4 is 38.1 Å². The van der Waals surface area contributed by atoms with Crippen molar-refractivity contribution in [3.8, 4) is 0 Å². The molecule has 10 N–H and O–H groups in total. The van der Waals surface area contributed by atoms with Gasteiger partial charge in [-0.3, -0.25) is 38.6 Å². The molecule has 3 aromatic rings. The number of para-hydroxylation sites is 1. The van der Waals surface area contributed by atoms with E-state index in [2.05, 4.69) is 36.6 Å². The van der Waals surface area contributed by atoms with E-state index in [1.165, 1.54) is 18.7 Å². The maximum atomic E-state index is 14.3. The van der Waals surface area contributed by atoms with Gasteiger partial charge in [-0.2, -0.15) is 0 Å². The summed E-state index contributed by atoms with van der Waals surface area (Å²) in [6.45, 7) is 3.38. The van der Waals surface area contributed by atoms with Gasteiger partial charge in [0.2, 0.25) is 35.4 Å². The molecule has 5 rings (SSSR count). The summed E-state index contributed by atoms with van der Waals surface area (Å²) < 4.78 is 0. The Hall–Kier alpha value is -6.26. The molecule has 2 saturated heterocycles. The van der Waals surface area contributed by atoms with E-state index in [0.717, 1.165) is 22.0 Å². The van der Waals surface area contributed by atoms with Gasteiger partial charge in [-0.1, -0.05) is 48.5 Å². The second-order valence-corrected chi connectivity index (χ2v) is 15.3. The van der Waals surface area contributed by atoms with Crippen LogP contribution in [0.15, 0.2) is 65.8 Å². The molecule has 0 radical (unpaired) electrons. The van der Waals surface area contributed by atoms with Crippen LogP contribution in [0, 0.1) is 5.92 Å². The third-order valence-electron chi connectivity index (χ3n) is 10.8. The highest BCUT2D eigenvalue weighted by atomic mass is 16.2. The number of benzene rings is 2. The van der Waals surface area contributed by atoms with Gasteiger partial charge < -0.3 is 47.9 Å². The van der Waals surface area contributed by atoms with Gasteiger partial charge in [0, 0.05) is 68.8 Å². The summed E-state index contributed by atoms with van der Waals surface area (Å²) in [6.07, 6.45) is 3.71. The average Bonchev–Trinajstić information content (AvgIpc) is 3.87. The Balaban J connectivity index is 1.41. The molecule has 6 amide bonds. The largest absolute Gasteiger partial charge is 0.370 e. The predicted octanol–water partition coefficient (Wildman–Crippen LogP) is 0.462. The van der Waals surface area contributed by atoms with Crippen molar-refractivity contribution in [3.05, 3.63) is 71.9 Å². The van der Waals surface area contributed by atoms with Crippen LogP contribution in [-0.2, 0) is 46.4 Å². The lowest BCUT2D eigenvalue weighted by Crippen LogP contribution is -2.58. The van der Waals surface area contributed by atoms with Crippen LogP contribution >= 0.6 is 0 Å². The van der Waals surface area contributed by atoms with Gasteiger partial charge in [0.05, 0.1) is 6.04 Å². The van der Waals surface area contributed by atoms with Crippen molar-refractivity contribution < 1.29 is 33.6 Å². The van der Waals surface area contributed by atoms with E-state index < -0.39 is 71.6 Å². The fourth-order valence-corrected chi connectivity index (χ4v) is 7.69. The number of hydrogen-bond donors (Lipinski definition) is 8. The second kappa shape index (κ2) is 20.9. The molecule has 6 atom stereocenters. The fraction of sp³-hybridized carbons (Fsp3) is 0.476. The Morgan fingerprint density at radius 3 is 2.42 bits per heavy atom. The third kappa shape index (κ3) is 12.4. The number of aliphatic imine (C=N–C) groups is 1. The second-order valence-electron chi connectivity index (χ2n) is 15.3. The molecule has 17 nitrogen and oxygen atoms in total. The lowest BCUT2D eigenvalue weighted by molar-refractivity contribution is -0.142. The van der Waals surface area contributed by atoms with Crippen molar-refractivity contribution in [2.24, 2.45) is 22.4 Å². The number of guanidine groups is 1. The Kier molecular flexibility index (Phi) is 15.6. The van der Waals surface area contributed by atoms with E-state index in [-0.39, 0.29) is 69.9 Å². The van der Waals surface area contributed by atoms with Crippen LogP contribution in [-0.4, -0.2) is 107 Å². The number of rotatable bonds is 11. The highest BCUT2D eigenvalue weighted by Gasteiger charge is 2.39. The van der Waals surface area contributed by atoms with Gasteiger partial charge in [0.15, 0.2) is 11.7 Å². The van der Waals surface area contributed by atoms with Crippen LogP contribution in [0.4, 0.5) is 0 Å². The number of amides is 6. The summed E-state index contributed by atoms with van der Waals surface area (Å²) in [5.41, 5.74) is 13.5. The molecule has 1 aromatic heterocycles. The minimum atomic E-state index is -1.11. The molecule has 316 valence electrons. The smallest absolute Gasteiger partial charge is 0.245 e. The lowest BCUT2D eigenvalue weighted by Gasteiger charge is -2.31. The number of fused-ring (bicyclic) bond motifs is 2. The third-order valence-corrected chi connectivity index (χ3v) is 10.8. The van der Waals surface area contributed by atoms with Crippen molar-refractivity contribution in [1.29, 1.82) is 0 Å². The molecular weight excluding hydrogens is 757 g/mol. The van der Waals surface area contributed by atoms with Crippen LogP contribution in [0.3, 0.4) is 0 Å². The number of hydrogen-bond acceptors (Lipinski definition) is 8. The number of nitrogens with zero attached hydrogens (tertiary/aromatic N) is 2. The number of H-pyrrole nitrogens is 1. The first-order valence-electron chi connectivity index (χ1n) is 20.2. The lowest BCUT2D eigenvalue weighted by atomic mass is 9.90. The maximum Gasteiger partial charge on any atom is 0.245 e. The molecule has 0 aliphatic carbocycles. The molecule has 2 aliphatic heterocycles. The van der Waals surface area contributed by atoms with Crippen molar-refractivity contribution in [2.45, 2.75) is 102 Å². The standard InChI is InChI=1S/C42H56N10O7/c1-25-37(55)51-33(22-29-24-47-31-15-7-6-14-30(29)31)36(54)23-28(13-8-19-46-42(43)44)38(56)45-18-9-16-32(41(59)52-20-10-17-35(52)40(58)48-25)50-39(57)34(49-26(2)53)21-27-11-4-3-5-12-27/h3-7,11-12,14-15,24-25,28,32-35,47H,8-10,13,16-23H2,1-2H3,(H,45,56)(H,48,58)(H,49,53)(H,50,57)(H,51,55)(H4,43,44,46)/t25-,28-,32+,33+,34+,35+/m1/s1. The van der Waals surface area contributed by atoms with E-state index in [4.69, 9.17) is 11.5 Å². The highest BCUT2D eigenvalue weighted by molar-refractivity contribution is 5.98. The van der Waals surface area contributed by atoms with E-state index in [1.807, 2.05) is 54.6 Å².